The molecule has 2 aromatic rings. The number of halogens is 3. The van der Waals surface area contributed by atoms with Crippen molar-refractivity contribution in [2.75, 3.05) is 25.0 Å². The first-order chi connectivity index (χ1) is 16.7. The quantitative estimate of drug-likeness (QED) is 0.473. The lowest BCUT2D eigenvalue weighted by Gasteiger charge is -2.23. The summed E-state index contributed by atoms with van der Waals surface area (Å²) in [5, 5.41) is 2.20. The van der Waals surface area contributed by atoms with E-state index in [9.17, 15) is 34.8 Å². The first kappa shape index (κ1) is 26.4. The predicted octanol–water partition coefficient (Wildman–Crippen LogP) is 0.909. The van der Waals surface area contributed by atoms with E-state index in [0.717, 1.165) is 10.5 Å². The Kier molecular flexibility index (Phi) is 6.85. The minimum absolute atomic E-state index is 0.0347. The van der Waals surface area contributed by atoms with E-state index in [4.69, 9.17) is 4.74 Å². The second-order valence-corrected chi connectivity index (χ2v) is 12.3. The summed E-state index contributed by atoms with van der Waals surface area (Å²) in [6, 6.07) is -0.00305. The van der Waals surface area contributed by atoms with Crippen molar-refractivity contribution < 1.29 is 39.5 Å². The molecule has 4 rings (SSSR count). The van der Waals surface area contributed by atoms with Gasteiger partial charge >= 0.3 is 0 Å². The number of ether oxygens (including phenoxy) is 1. The van der Waals surface area contributed by atoms with Gasteiger partial charge in [-0.05, 0) is 13.8 Å². The molecule has 1 fully saturated rings. The molecule has 11 nitrogen and oxygen atoms in total. The second kappa shape index (κ2) is 9.33. The normalized spacial score (nSPS) is 21.9. The van der Waals surface area contributed by atoms with E-state index in [-0.39, 0.29) is 42.1 Å². The van der Waals surface area contributed by atoms with Gasteiger partial charge in [0, 0.05) is 62.2 Å². The molecule has 0 radical (unpaired) electrons. The van der Waals surface area contributed by atoms with Crippen LogP contribution in [0, 0.1) is 23.4 Å². The summed E-state index contributed by atoms with van der Waals surface area (Å²) in [6.07, 6.45) is 1.13. The first-order valence-electron chi connectivity index (χ1n) is 10.8. The van der Waals surface area contributed by atoms with E-state index in [2.05, 4.69) is 14.8 Å². The van der Waals surface area contributed by atoms with Gasteiger partial charge in [-0.2, -0.15) is 17.4 Å². The van der Waals surface area contributed by atoms with Crippen LogP contribution < -0.4 is 19.5 Å². The molecular formula is C20H24F3N5O6S2. The van der Waals surface area contributed by atoms with Crippen LogP contribution >= 0.6 is 0 Å². The number of carbonyl (C=O) groups is 1. The van der Waals surface area contributed by atoms with Crippen molar-refractivity contribution in [3.05, 3.63) is 41.5 Å². The van der Waals surface area contributed by atoms with Crippen molar-refractivity contribution in [2.24, 2.45) is 13.0 Å². The zero-order valence-electron chi connectivity index (χ0n) is 19.4. The summed E-state index contributed by atoms with van der Waals surface area (Å²) in [5.74, 6) is -6.60. The Hall–Kier alpha value is -2.66. The van der Waals surface area contributed by atoms with Gasteiger partial charge in [-0.1, -0.05) is 0 Å². The lowest BCUT2D eigenvalue weighted by molar-refractivity contribution is 0.101. The highest BCUT2D eigenvalue weighted by molar-refractivity contribution is 7.89. The SMILES string of the molecule is CC(C)NS(=O)(=O)N1CC2COc3c(cn(C)c3C(=O)Nc3cc(F)c(F)c(F)c3)S(=O)(=O)NC2C1. The predicted molar refractivity (Wildman–Crippen MR) is 122 cm³/mol. The third kappa shape index (κ3) is 4.95. The Balaban J connectivity index is 1.63. The van der Waals surface area contributed by atoms with Crippen LogP contribution in [0.15, 0.2) is 23.2 Å². The minimum atomic E-state index is -4.26. The number of benzene rings is 1. The Labute approximate surface area is 205 Å². The van der Waals surface area contributed by atoms with Crippen molar-refractivity contribution in [3.63, 3.8) is 0 Å². The van der Waals surface area contributed by atoms with Crippen molar-refractivity contribution in [1.29, 1.82) is 0 Å². The van der Waals surface area contributed by atoms with Crippen LogP contribution in [0.25, 0.3) is 0 Å². The maximum Gasteiger partial charge on any atom is 0.279 e. The van der Waals surface area contributed by atoms with Crippen LogP contribution in [0.1, 0.15) is 24.3 Å². The highest BCUT2D eigenvalue weighted by Crippen LogP contribution is 2.35. The maximum atomic E-state index is 13.6. The molecule has 2 atom stereocenters. The molecule has 0 saturated carbocycles. The van der Waals surface area contributed by atoms with Gasteiger partial charge in [0.15, 0.2) is 28.9 Å². The fourth-order valence-electron chi connectivity index (χ4n) is 4.14. The lowest BCUT2D eigenvalue weighted by Crippen LogP contribution is -2.45. The number of aryl methyl sites for hydroxylation is 1. The first-order valence-corrected chi connectivity index (χ1v) is 13.7. The average molecular weight is 552 g/mol. The van der Waals surface area contributed by atoms with E-state index >= 15 is 0 Å². The molecule has 198 valence electrons. The number of aromatic nitrogens is 1. The minimum Gasteiger partial charge on any atom is -0.489 e. The highest BCUT2D eigenvalue weighted by Gasteiger charge is 2.44. The standard InChI is InChI=1S/C20H24F3N5O6S2/c1-10(2)25-36(32,33)28-6-11-9-34-19-16(35(30,31)26-15(11)7-28)8-27(3)18(19)20(29)24-12-4-13(21)17(23)14(22)5-12/h4-5,8,10-11,15,25-26H,6-7,9H2,1-3H3,(H,24,29). The average Bonchev–Trinajstić information content (AvgIpc) is 3.29. The van der Waals surface area contributed by atoms with Gasteiger partial charge in [0.25, 0.3) is 16.1 Å². The summed E-state index contributed by atoms with van der Waals surface area (Å²) < 4.78 is 105. The van der Waals surface area contributed by atoms with E-state index in [1.54, 1.807) is 13.8 Å². The van der Waals surface area contributed by atoms with Crippen molar-refractivity contribution in [2.45, 2.75) is 30.8 Å². The molecule has 2 unspecified atom stereocenters. The molecule has 3 N–H and O–H groups in total. The molecule has 1 aromatic heterocycles. The van der Waals surface area contributed by atoms with Crippen LogP contribution in [0.4, 0.5) is 18.9 Å². The van der Waals surface area contributed by atoms with Crippen molar-refractivity contribution in [3.8, 4) is 5.75 Å². The summed E-state index contributed by atoms with van der Waals surface area (Å²) in [5.41, 5.74) is -0.671. The molecule has 0 bridgehead atoms. The van der Waals surface area contributed by atoms with E-state index in [0.29, 0.717) is 12.1 Å². The van der Waals surface area contributed by atoms with Crippen LogP contribution in [0.3, 0.4) is 0 Å². The molecule has 2 aliphatic rings. The summed E-state index contributed by atoms with van der Waals surface area (Å²) in [7, 11) is -6.76. The zero-order chi connectivity index (χ0) is 26.6. The van der Waals surface area contributed by atoms with Gasteiger partial charge in [-0.15, -0.1) is 0 Å². The largest absolute Gasteiger partial charge is 0.489 e. The van der Waals surface area contributed by atoms with Gasteiger partial charge < -0.3 is 14.6 Å². The van der Waals surface area contributed by atoms with Crippen LogP contribution in [-0.2, 0) is 27.3 Å². The number of fused-ring (bicyclic) bond motifs is 2. The number of rotatable bonds is 5. The van der Waals surface area contributed by atoms with Gasteiger partial charge in [0.1, 0.15) is 4.90 Å². The molecule has 16 heteroatoms. The zero-order valence-corrected chi connectivity index (χ0v) is 21.0. The molecule has 0 aliphatic carbocycles. The summed E-state index contributed by atoms with van der Waals surface area (Å²) in [4.78, 5) is 12.6. The molecule has 3 heterocycles. The third-order valence-corrected chi connectivity index (χ3v) is 8.96. The number of amides is 1. The Morgan fingerprint density at radius 2 is 1.83 bits per heavy atom. The fraction of sp³-hybridized carbons (Fsp3) is 0.450. The number of anilines is 1. The topological polar surface area (TPSA) is 139 Å². The van der Waals surface area contributed by atoms with Crippen molar-refractivity contribution in [1.82, 2.24) is 18.3 Å². The number of carbonyl (C=O) groups excluding carboxylic acids is 1. The number of nitrogens with zero attached hydrogens (tertiary/aromatic N) is 2. The van der Waals surface area contributed by atoms with Gasteiger partial charge in [0.05, 0.1) is 6.61 Å². The van der Waals surface area contributed by atoms with Crippen LogP contribution in [0.2, 0.25) is 0 Å². The van der Waals surface area contributed by atoms with Crippen LogP contribution in [0.5, 0.6) is 5.75 Å². The monoisotopic (exact) mass is 551 g/mol. The Bertz CT molecular complexity index is 1400. The Morgan fingerprint density at radius 1 is 1.19 bits per heavy atom. The summed E-state index contributed by atoms with van der Waals surface area (Å²) >= 11 is 0. The second-order valence-electron chi connectivity index (χ2n) is 8.88. The number of nitrogens with one attached hydrogen (secondary N) is 3. The number of hydrogen-bond donors (Lipinski definition) is 3. The van der Waals surface area contributed by atoms with Gasteiger partial charge in [0.2, 0.25) is 10.0 Å². The lowest BCUT2D eigenvalue weighted by atomic mass is 10.1. The molecule has 2 aliphatic heterocycles. The molecule has 1 saturated heterocycles. The van der Waals surface area contributed by atoms with Crippen LogP contribution in [-0.4, -0.2) is 63.4 Å². The summed E-state index contributed by atoms with van der Waals surface area (Å²) in [6.45, 7) is 3.03. The smallest absolute Gasteiger partial charge is 0.279 e. The maximum absolute atomic E-state index is 13.6. The number of hydrogen-bond acceptors (Lipinski definition) is 6. The molecule has 1 amide bonds. The Morgan fingerprint density at radius 3 is 2.44 bits per heavy atom. The fourth-order valence-corrected chi connectivity index (χ4v) is 7.12. The molecular weight excluding hydrogens is 527 g/mol. The molecule has 1 aromatic carbocycles. The van der Waals surface area contributed by atoms with E-state index in [1.165, 1.54) is 11.6 Å². The van der Waals surface area contributed by atoms with Gasteiger partial charge in [-0.25, -0.2) is 26.3 Å². The molecule has 0 spiro atoms. The highest BCUT2D eigenvalue weighted by atomic mass is 32.2. The number of sulfonamides is 1. The third-order valence-electron chi connectivity index (χ3n) is 5.73. The molecule has 36 heavy (non-hydrogen) atoms. The van der Waals surface area contributed by atoms with E-state index < -0.39 is 61.2 Å². The van der Waals surface area contributed by atoms with Gasteiger partial charge in [-0.3, -0.25) is 4.79 Å². The van der Waals surface area contributed by atoms with E-state index in [1.807, 2.05) is 0 Å². The van der Waals surface area contributed by atoms with Crippen molar-refractivity contribution >= 4 is 31.8 Å².